The minimum Gasteiger partial charge on any atom is -0.207 e. The molecule has 0 aliphatic heterocycles. The van der Waals surface area contributed by atoms with Gasteiger partial charge >= 0.3 is 0 Å². The average Bonchev–Trinajstić information content (AvgIpc) is 2.62. The van der Waals surface area contributed by atoms with Crippen LogP contribution in [-0.2, 0) is 6.42 Å². The quantitative estimate of drug-likeness (QED) is 0.578. The monoisotopic (exact) mass is 394 g/mol. The summed E-state index contributed by atoms with van der Waals surface area (Å²) in [6.07, 6.45) is 0.491. The summed E-state index contributed by atoms with van der Waals surface area (Å²) in [5.74, 6) is -1.04. The molecule has 0 bridgehead atoms. The van der Waals surface area contributed by atoms with Gasteiger partial charge in [0.1, 0.15) is 11.6 Å². The lowest BCUT2D eigenvalue weighted by Gasteiger charge is -2.09. The Kier molecular flexibility index (Phi) is 4.56. The van der Waals surface area contributed by atoms with Crippen molar-refractivity contribution in [2.24, 2.45) is 0 Å². The summed E-state index contributed by atoms with van der Waals surface area (Å²) in [7, 11) is 0. The fraction of sp³-hybridized carbons (Fsp3) is 0.231. The fourth-order valence-corrected chi connectivity index (χ4v) is 4.78. The highest BCUT2D eigenvalue weighted by Crippen LogP contribution is 2.38. The molecule has 5 heteroatoms. The van der Waals surface area contributed by atoms with Gasteiger partial charge < -0.3 is 0 Å². The van der Waals surface area contributed by atoms with Crippen LogP contribution < -0.4 is 0 Å². The Balaban J connectivity index is 2.21. The van der Waals surface area contributed by atoms with Crippen molar-refractivity contribution in [3.05, 3.63) is 55.7 Å². The molecule has 0 saturated heterocycles. The summed E-state index contributed by atoms with van der Waals surface area (Å²) in [6.45, 7) is 2.02. The van der Waals surface area contributed by atoms with E-state index in [1.54, 1.807) is 11.3 Å². The molecule has 1 aromatic heterocycles. The zero-order valence-corrected chi connectivity index (χ0v) is 13.5. The molecule has 2 aromatic rings. The number of rotatable bonds is 3. The summed E-state index contributed by atoms with van der Waals surface area (Å²) in [6, 6.07) is 5.74. The molecule has 2 rings (SSSR count). The fourth-order valence-electron chi connectivity index (χ4n) is 1.69. The molecule has 0 fully saturated rings. The van der Waals surface area contributed by atoms with E-state index in [-0.39, 0.29) is 4.83 Å². The van der Waals surface area contributed by atoms with Gasteiger partial charge in [-0.3, -0.25) is 0 Å². The van der Waals surface area contributed by atoms with Crippen molar-refractivity contribution >= 4 is 43.2 Å². The largest absolute Gasteiger partial charge is 0.207 e. The maximum atomic E-state index is 13.6. The molecule has 1 atom stereocenters. The number of hydrogen-bond acceptors (Lipinski definition) is 1. The van der Waals surface area contributed by atoms with E-state index in [9.17, 15) is 8.78 Å². The van der Waals surface area contributed by atoms with Crippen LogP contribution in [0.5, 0.6) is 0 Å². The molecule has 96 valence electrons. The first kappa shape index (κ1) is 14.2. The van der Waals surface area contributed by atoms with Crippen LogP contribution in [0, 0.1) is 18.6 Å². The number of benzene rings is 1. The number of aryl methyl sites for hydroxylation is 1. The molecule has 1 unspecified atom stereocenters. The van der Waals surface area contributed by atoms with Gasteiger partial charge in [-0.1, -0.05) is 22.0 Å². The van der Waals surface area contributed by atoms with Crippen molar-refractivity contribution in [1.82, 2.24) is 0 Å². The first-order valence-corrected chi connectivity index (χ1v) is 7.83. The summed E-state index contributed by atoms with van der Waals surface area (Å²) in [5.41, 5.74) is 0.510. The highest BCUT2D eigenvalue weighted by molar-refractivity contribution is 9.11. The van der Waals surface area contributed by atoms with Crippen molar-refractivity contribution in [3.8, 4) is 0 Å². The van der Waals surface area contributed by atoms with Gasteiger partial charge in [-0.05, 0) is 47.0 Å². The van der Waals surface area contributed by atoms with E-state index in [1.165, 1.54) is 17.0 Å². The Morgan fingerprint density at radius 3 is 2.56 bits per heavy atom. The van der Waals surface area contributed by atoms with E-state index in [0.717, 1.165) is 15.4 Å². The molecular weight excluding hydrogens is 386 g/mol. The summed E-state index contributed by atoms with van der Waals surface area (Å²) < 4.78 is 27.4. The van der Waals surface area contributed by atoms with Gasteiger partial charge in [-0.15, -0.1) is 11.3 Å². The first-order chi connectivity index (χ1) is 8.47. The van der Waals surface area contributed by atoms with E-state index in [4.69, 9.17) is 0 Å². The maximum Gasteiger partial charge on any atom is 0.129 e. The van der Waals surface area contributed by atoms with Crippen molar-refractivity contribution in [1.29, 1.82) is 0 Å². The van der Waals surface area contributed by atoms with Crippen LogP contribution in [0.2, 0.25) is 0 Å². The summed E-state index contributed by atoms with van der Waals surface area (Å²) >= 11 is 8.71. The van der Waals surface area contributed by atoms with Gasteiger partial charge in [-0.25, -0.2) is 8.78 Å². The number of hydrogen-bond donors (Lipinski definition) is 0. The molecule has 0 spiro atoms. The van der Waals surface area contributed by atoms with Crippen molar-refractivity contribution < 1.29 is 8.78 Å². The smallest absolute Gasteiger partial charge is 0.129 e. The topological polar surface area (TPSA) is 0 Å². The van der Waals surface area contributed by atoms with Crippen LogP contribution in [0.3, 0.4) is 0 Å². The number of halogens is 4. The molecule has 0 aliphatic carbocycles. The minimum atomic E-state index is -0.546. The van der Waals surface area contributed by atoms with Gasteiger partial charge in [0.25, 0.3) is 0 Å². The summed E-state index contributed by atoms with van der Waals surface area (Å²) in [4.78, 5) is 2.34. The lowest BCUT2D eigenvalue weighted by molar-refractivity contribution is 0.571. The lowest BCUT2D eigenvalue weighted by Crippen LogP contribution is -1.97. The molecule has 0 radical (unpaired) electrons. The van der Waals surface area contributed by atoms with Crippen molar-refractivity contribution in [2.75, 3.05) is 0 Å². The standard InChI is InChI=1S/C13H10Br2F2S/c1-7-4-10(14)13(18-7)11(15)5-8-2-3-9(16)6-12(8)17/h2-4,6,11H,5H2,1H3. The van der Waals surface area contributed by atoms with Crippen LogP contribution in [-0.4, -0.2) is 0 Å². The van der Waals surface area contributed by atoms with Gasteiger partial charge in [-0.2, -0.15) is 0 Å². The molecule has 0 amide bonds. The van der Waals surface area contributed by atoms with Crippen LogP contribution in [0.4, 0.5) is 8.78 Å². The van der Waals surface area contributed by atoms with E-state index < -0.39 is 11.6 Å². The third-order valence-electron chi connectivity index (χ3n) is 2.54. The minimum absolute atomic E-state index is 0.0190. The van der Waals surface area contributed by atoms with Gasteiger partial charge in [0.05, 0.1) is 4.83 Å². The van der Waals surface area contributed by atoms with E-state index in [0.29, 0.717) is 12.0 Å². The average molecular weight is 396 g/mol. The van der Waals surface area contributed by atoms with Gasteiger partial charge in [0.2, 0.25) is 0 Å². The van der Waals surface area contributed by atoms with E-state index in [2.05, 4.69) is 31.9 Å². The second-order valence-electron chi connectivity index (χ2n) is 3.98. The molecule has 18 heavy (non-hydrogen) atoms. The zero-order chi connectivity index (χ0) is 13.3. The predicted molar refractivity (Wildman–Crippen MR) is 78.5 cm³/mol. The predicted octanol–water partition coefficient (Wildman–Crippen LogP) is 5.78. The zero-order valence-electron chi connectivity index (χ0n) is 9.51. The lowest BCUT2D eigenvalue weighted by atomic mass is 10.1. The molecule has 0 aliphatic rings. The second-order valence-corrected chi connectivity index (χ2v) is 7.22. The SMILES string of the molecule is Cc1cc(Br)c(C(Br)Cc2ccc(F)cc2F)s1. The highest BCUT2D eigenvalue weighted by atomic mass is 79.9. The highest BCUT2D eigenvalue weighted by Gasteiger charge is 2.16. The van der Waals surface area contributed by atoms with E-state index >= 15 is 0 Å². The maximum absolute atomic E-state index is 13.6. The normalized spacial score (nSPS) is 12.7. The van der Waals surface area contributed by atoms with Crippen LogP contribution in [0.15, 0.2) is 28.7 Å². The molecule has 0 N–H and O–H groups in total. The Labute approximate surface area is 125 Å². The molecule has 0 nitrogen and oxygen atoms in total. The third kappa shape index (κ3) is 3.19. The Hall–Kier alpha value is -0.260. The molecule has 0 saturated carbocycles. The first-order valence-electron chi connectivity index (χ1n) is 5.31. The summed E-state index contributed by atoms with van der Waals surface area (Å²) in [5, 5.41) is 0. The Bertz CT molecular complexity index is 566. The van der Waals surface area contributed by atoms with Crippen LogP contribution >= 0.6 is 43.2 Å². The Morgan fingerprint density at radius 2 is 2.00 bits per heavy atom. The van der Waals surface area contributed by atoms with E-state index in [1.807, 2.05) is 13.0 Å². The van der Waals surface area contributed by atoms with Gasteiger partial charge in [0, 0.05) is 20.3 Å². The van der Waals surface area contributed by atoms with Crippen molar-refractivity contribution in [2.45, 2.75) is 18.2 Å². The number of alkyl halides is 1. The second kappa shape index (κ2) is 5.80. The Morgan fingerprint density at radius 1 is 1.28 bits per heavy atom. The van der Waals surface area contributed by atoms with Crippen LogP contribution in [0.25, 0.3) is 0 Å². The number of thiophene rings is 1. The molecule has 1 heterocycles. The van der Waals surface area contributed by atoms with Crippen molar-refractivity contribution in [3.63, 3.8) is 0 Å². The third-order valence-corrected chi connectivity index (χ3v) is 5.70. The van der Waals surface area contributed by atoms with Gasteiger partial charge in [0.15, 0.2) is 0 Å². The molecular formula is C13H10Br2F2S. The molecule has 1 aromatic carbocycles. The van der Waals surface area contributed by atoms with Crippen LogP contribution in [0.1, 0.15) is 20.1 Å².